The minimum Gasteiger partial charge on any atom is -0.384 e. The van der Waals surface area contributed by atoms with Crippen molar-refractivity contribution in [3.05, 3.63) is 35.9 Å². The number of rotatable bonds is 5. The van der Waals surface area contributed by atoms with Crippen LogP contribution in [0.5, 0.6) is 0 Å². The van der Waals surface area contributed by atoms with Crippen molar-refractivity contribution >= 4 is 5.91 Å². The molecular formula is C20H28N2O3. The predicted molar refractivity (Wildman–Crippen MR) is 95.4 cm³/mol. The second kappa shape index (κ2) is 7.06. The highest BCUT2D eigenvalue weighted by atomic mass is 16.5. The molecule has 2 aliphatic heterocycles. The Bertz CT molecular complexity index is 600. The first-order valence-electron chi connectivity index (χ1n) is 9.44. The summed E-state index contributed by atoms with van der Waals surface area (Å²) in [5, 5.41) is 6.80. The predicted octanol–water partition coefficient (Wildman–Crippen LogP) is 1.47. The maximum atomic E-state index is 13.4. The first kappa shape index (κ1) is 17.0. The summed E-state index contributed by atoms with van der Waals surface area (Å²) in [7, 11) is 1.72. The molecule has 1 aromatic carbocycles. The summed E-state index contributed by atoms with van der Waals surface area (Å²) in [6.07, 6.45) is 2.98. The SMILES string of the molecule is COC[C@H]1[C@@H](NC(=O)C2(c3ccccc3)CCNCC2)[C@H]2CCO[C@H]21. The minimum absolute atomic E-state index is 0.176. The van der Waals surface area contributed by atoms with Crippen LogP contribution in [-0.2, 0) is 19.7 Å². The number of ether oxygens (including phenoxy) is 2. The second-order valence-electron chi connectivity index (χ2n) is 7.60. The molecule has 3 aliphatic rings. The van der Waals surface area contributed by atoms with Crippen LogP contribution >= 0.6 is 0 Å². The van der Waals surface area contributed by atoms with Crippen LogP contribution in [0.25, 0.3) is 0 Å². The number of carbonyl (C=O) groups excluding carboxylic acids is 1. The van der Waals surface area contributed by atoms with E-state index in [2.05, 4.69) is 22.8 Å². The van der Waals surface area contributed by atoms with Crippen LogP contribution in [0.2, 0.25) is 0 Å². The molecule has 1 amide bonds. The molecule has 25 heavy (non-hydrogen) atoms. The van der Waals surface area contributed by atoms with Crippen LogP contribution in [-0.4, -0.2) is 51.5 Å². The Morgan fingerprint density at radius 2 is 2.08 bits per heavy atom. The van der Waals surface area contributed by atoms with Gasteiger partial charge in [-0.25, -0.2) is 0 Å². The normalized spacial score (nSPS) is 33.3. The number of methoxy groups -OCH3 is 1. The fraction of sp³-hybridized carbons (Fsp3) is 0.650. The lowest BCUT2D eigenvalue weighted by Gasteiger charge is -2.49. The van der Waals surface area contributed by atoms with Crippen molar-refractivity contribution in [2.45, 2.75) is 36.8 Å². The molecule has 2 heterocycles. The molecule has 4 atom stereocenters. The summed E-state index contributed by atoms with van der Waals surface area (Å²) in [5.74, 6) is 0.895. The van der Waals surface area contributed by atoms with Crippen molar-refractivity contribution in [2.75, 3.05) is 33.4 Å². The van der Waals surface area contributed by atoms with Crippen LogP contribution in [0, 0.1) is 11.8 Å². The standard InChI is InChI=1S/C20H28N2O3/c1-24-13-16-17(15-7-12-25-18(15)16)22-19(23)20(8-10-21-11-9-20)14-5-3-2-4-6-14/h2-6,15-18,21H,7-13H2,1H3,(H,22,23)/t15-,16+,17+,18-/m1/s1. The molecule has 2 saturated heterocycles. The van der Waals surface area contributed by atoms with Crippen LogP contribution in [0.4, 0.5) is 0 Å². The Hall–Kier alpha value is -1.43. The van der Waals surface area contributed by atoms with Crippen molar-refractivity contribution in [3.8, 4) is 0 Å². The highest BCUT2D eigenvalue weighted by molar-refractivity contribution is 5.89. The van der Waals surface area contributed by atoms with E-state index in [9.17, 15) is 4.79 Å². The van der Waals surface area contributed by atoms with Gasteiger partial charge in [-0.05, 0) is 37.9 Å². The molecule has 136 valence electrons. The topological polar surface area (TPSA) is 59.6 Å². The van der Waals surface area contributed by atoms with Gasteiger partial charge in [0.25, 0.3) is 0 Å². The molecule has 5 nitrogen and oxygen atoms in total. The average Bonchev–Trinajstić information content (AvgIpc) is 3.09. The van der Waals surface area contributed by atoms with E-state index in [-0.39, 0.29) is 24.0 Å². The molecule has 0 bridgehead atoms. The molecule has 3 fully saturated rings. The number of hydrogen-bond acceptors (Lipinski definition) is 4. The van der Waals surface area contributed by atoms with Gasteiger partial charge in [-0.1, -0.05) is 30.3 Å². The maximum absolute atomic E-state index is 13.4. The maximum Gasteiger partial charge on any atom is 0.230 e. The largest absolute Gasteiger partial charge is 0.384 e. The van der Waals surface area contributed by atoms with E-state index >= 15 is 0 Å². The Balaban J connectivity index is 1.55. The Morgan fingerprint density at radius 3 is 2.80 bits per heavy atom. The monoisotopic (exact) mass is 344 g/mol. The summed E-state index contributed by atoms with van der Waals surface area (Å²) in [6, 6.07) is 10.4. The van der Waals surface area contributed by atoms with Crippen molar-refractivity contribution < 1.29 is 14.3 Å². The lowest BCUT2D eigenvalue weighted by Crippen LogP contribution is -2.65. The summed E-state index contributed by atoms with van der Waals surface area (Å²) < 4.78 is 11.2. The molecular weight excluding hydrogens is 316 g/mol. The fourth-order valence-corrected chi connectivity index (χ4v) is 4.98. The van der Waals surface area contributed by atoms with Gasteiger partial charge in [-0.15, -0.1) is 0 Å². The van der Waals surface area contributed by atoms with E-state index < -0.39 is 5.41 Å². The van der Waals surface area contributed by atoms with E-state index in [0.29, 0.717) is 12.5 Å². The first-order chi connectivity index (χ1) is 12.3. The molecule has 4 rings (SSSR count). The average molecular weight is 344 g/mol. The highest BCUT2D eigenvalue weighted by Crippen LogP contribution is 2.44. The minimum atomic E-state index is -0.422. The van der Waals surface area contributed by atoms with Crippen molar-refractivity contribution in [1.82, 2.24) is 10.6 Å². The van der Waals surface area contributed by atoms with Crippen LogP contribution in [0.1, 0.15) is 24.8 Å². The Morgan fingerprint density at radius 1 is 1.32 bits per heavy atom. The lowest BCUT2D eigenvalue weighted by atomic mass is 9.66. The third-order valence-electron chi connectivity index (χ3n) is 6.40. The van der Waals surface area contributed by atoms with Gasteiger partial charge < -0.3 is 20.1 Å². The van der Waals surface area contributed by atoms with Gasteiger partial charge in [0.1, 0.15) is 0 Å². The number of fused-ring (bicyclic) bond motifs is 1. The zero-order chi connectivity index (χ0) is 17.3. The van der Waals surface area contributed by atoms with Gasteiger partial charge in [0.05, 0.1) is 18.1 Å². The Kier molecular flexibility index (Phi) is 4.80. The number of carbonyl (C=O) groups is 1. The summed E-state index contributed by atoms with van der Waals surface area (Å²) in [6.45, 7) is 3.20. The highest BCUT2D eigenvalue weighted by Gasteiger charge is 2.55. The molecule has 5 heteroatoms. The van der Waals surface area contributed by atoms with E-state index in [4.69, 9.17) is 9.47 Å². The summed E-state index contributed by atoms with van der Waals surface area (Å²) in [5.41, 5.74) is 0.713. The number of piperidine rings is 1. The van der Waals surface area contributed by atoms with Gasteiger partial charge >= 0.3 is 0 Å². The number of hydrogen-bond donors (Lipinski definition) is 2. The van der Waals surface area contributed by atoms with E-state index in [1.54, 1.807) is 7.11 Å². The van der Waals surface area contributed by atoms with E-state index in [1.165, 1.54) is 0 Å². The molecule has 2 N–H and O–H groups in total. The first-order valence-corrected chi connectivity index (χ1v) is 9.44. The molecule has 1 aliphatic carbocycles. The zero-order valence-electron chi connectivity index (χ0n) is 14.9. The lowest BCUT2D eigenvalue weighted by molar-refractivity contribution is -0.136. The summed E-state index contributed by atoms with van der Waals surface area (Å²) >= 11 is 0. The Labute approximate surface area is 149 Å². The van der Waals surface area contributed by atoms with Gasteiger partial charge in [-0.3, -0.25) is 4.79 Å². The quantitative estimate of drug-likeness (QED) is 0.849. The molecule has 0 aromatic heterocycles. The molecule has 1 saturated carbocycles. The summed E-state index contributed by atoms with van der Waals surface area (Å²) in [4.78, 5) is 13.4. The van der Waals surface area contributed by atoms with Crippen LogP contribution in [0.15, 0.2) is 30.3 Å². The van der Waals surface area contributed by atoms with Gasteiger partial charge in [0.2, 0.25) is 5.91 Å². The van der Waals surface area contributed by atoms with E-state index in [1.807, 2.05) is 18.2 Å². The number of nitrogens with one attached hydrogen (secondary N) is 2. The second-order valence-corrected chi connectivity index (χ2v) is 7.60. The van der Waals surface area contributed by atoms with Crippen molar-refractivity contribution in [3.63, 3.8) is 0 Å². The van der Waals surface area contributed by atoms with Crippen LogP contribution in [0.3, 0.4) is 0 Å². The third-order valence-corrected chi connectivity index (χ3v) is 6.40. The van der Waals surface area contributed by atoms with Gasteiger partial charge in [0, 0.05) is 31.6 Å². The van der Waals surface area contributed by atoms with Gasteiger partial charge in [-0.2, -0.15) is 0 Å². The molecule has 1 aromatic rings. The zero-order valence-corrected chi connectivity index (χ0v) is 14.9. The third kappa shape index (κ3) is 2.88. The van der Waals surface area contributed by atoms with Crippen molar-refractivity contribution in [2.24, 2.45) is 11.8 Å². The van der Waals surface area contributed by atoms with Crippen molar-refractivity contribution in [1.29, 1.82) is 0 Å². The molecule has 0 unspecified atom stereocenters. The van der Waals surface area contributed by atoms with E-state index in [0.717, 1.165) is 44.5 Å². The fourth-order valence-electron chi connectivity index (χ4n) is 4.98. The van der Waals surface area contributed by atoms with Crippen LogP contribution < -0.4 is 10.6 Å². The molecule has 0 radical (unpaired) electrons. The smallest absolute Gasteiger partial charge is 0.230 e. The number of amides is 1. The number of benzene rings is 1. The van der Waals surface area contributed by atoms with Gasteiger partial charge in [0.15, 0.2) is 0 Å². The molecule has 0 spiro atoms.